The first-order valence-electron chi connectivity index (χ1n) is 6.68. The van der Waals surface area contributed by atoms with Crippen molar-refractivity contribution in [2.75, 3.05) is 30.8 Å². The molecule has 2 amide bonds. The van der Waals surface area contributed by atoms with Crippen molar-refractivity contribution in [1.29, 1.82) is 0 Å². The van der Waals surface area contributed by atoms with Gasteiger partial charge in [-0.2, -0.15) is 0 Å². The summed E-state index contributed by atoms with van der Waals surface area (Å²) in [6.07, 6.45) is 1.82. The fraction of sp³-hybridized carbons (Fsp3) is 0.429. The first-order chi connectivity index (χ1) is 9.52. The number of piperidine rings is 1. The number of rotatable bonds is 3. The fourth-order valence-corrected chi connectivity index (χ4v) is 2.58. The lowest BCUT2D eigenvalue weighted by Crippen LogP contribution is -2.42. The molecule has 1 aliphatic rings. The van der Waals surface area contributed by atoms with Gasteiger partial charge in [0.1, 0.15) is 0 Å². The number of benzene rings is 1. The van der Waals surface area contributed by atoms with Crippen molar-refractivity contribution < 1.29 is 9.59 Å². The number of amides is 2. The molecule has 1 atom stereocenters. The molecule has 0 bridgehead atoms. The lowest BCUT2D eigenvalue weighted by Gasteiger charge is -2.33. The summed E-state index contributed by atoms with van der Waals surface area (Å²) >= 11 is 0. The number of carbonyl (C=O) groups excluding carboxylic acids is 2. The van der Waals surface area contributed by atoms with Gasteiger partial charge in [0.05, 0.1) is 11.5 Å². The molecule has 20 heavy (non-hydrogen) atoms. The topological polar surface area (TPSA) is 101 Å². The number of hydrogen-bond donors (Lipinski definition) is 3. The summed E-state index contributed by atoms with van der Waals surface area (Å²) in [4.78, 5) is 25.2. The fourth-order valence-electron chi connectivity index (χ4n) is 2.58. The molecule has 0 aromatic heterocycles. The van der Waals surface area contributed by atoms with E-state index >= 15 is 0 Å². The Balaban J connectivity index is 2.21. The second-order valence-electron chi connectivity index (χ2n) is 5.04. The van der Waals surface area contributed by atoms with Gasteiger partial charge in [-0.15, -0.1) is 0 Å². The molecule has 1 aliphatic heterocycles. The van der Waals surface area contributed by atoms with E-state index in [4.69, 9.17) is 11.5 Å². The van der Waals surface area contributed by atoms with Gasteiger partial charge in [-0.25, -0.2) is 0 Å². The van der Waals surface area contributed by atoms with E-state index in [1.54, 1.807) is 19.2 Å². The summed E-state index contributed by atoms with van der Waals surface area (Å²) in [5, 5.41) is 2.69. The molecule has 0 radical (unpaired) electrons. The van der Waals surface area contributed by atoms with Gasteiger partial charge >= 0.3 is 0 Å². The lowest BCUT2D eigenvalue weighted by atomic mass is 9.96. The van der Waals surface area contributed by atoms with Gasteiger partial charge in [0, 0.05) is 31.5 Å². The first-order valence-corrected chi connectivity index (χ1v) is 6.68. The van der Waals surface area contributed by atoms with Gasteiger partial charge in [0.25, 0.3) is 5.91 Å². The number of nitrogen functional groups attached to an aromatic ring is 1. The van der Waals surface area contributed by atoms with Crippen molar-refractivity contribution >= 4 is 23.2 Å². The Labute approximate surface area is 118 Å². The zero-order valence-electron chi connectivity index (χ0n) is 11.6. The van der Waals surface area contributed by atoms with E-state index in [-0.39, 0.29) is 11.8 Å². The van der Waals surface area contributed by atoms with E-state index in [0.717, 1.165) is 25.1 Å². The number of anilines is 2. The third kappa shape index (κ3) is 2.84. The summed E-state index contributed by atoms with van der Waals surface area (Å²) in [6, 6.07) is 5.23. The predicted molar refractivity (Wildman–Crippen MR) is 78.4 cm³/mol. The molecule has 0 aliphatic carbocycles. The largest absolute Gasteiger partial charge is 0.398 e. The molecule has 6 heteroatoms. The van der Waals surface area contributed by atoms with Crippen LogP contribution in [-0.2, 0) is 4.79 Å². The van der Waals surface area contributed by atoms with Crippen molar-refractivity contribution in [1.82, 2.24) is 5.32 Å². The van der Waals surface area contributed by atoms with Crippen molar-refractivity contribution in [2.24, 2.45) is 11.7 Å². The maximum atomic E-state index is 11.7. The highest BCUT2D eigenvalue weighted by molar-refractivity contribution is 5.99. The quantitative estimate of drug-likeness (QED) is 0.692. The highest BCUT2D eigenvalue weighted by Gasteiger charge is 2.25. The minimum Gasteiger partial charge on any atom is -0.398 e. The summed E-state index contributed by atoms with van der Waals surface area (Å²) in [6.45, 7) is 1.50. The zero-order chi connectivity index (χ0) is 14.7. The second kappa shape index (κ2) is 5.81. The zero-order valence-corrected chi connectivity index (χ0v) is 11.6. The Morgan fingerprint density at radius 1 is 1.40 bits per heavy atom. The standard InChI is InChI=1S/C14H20N4O2/c1-17-14(20)9-3-2-6-18(8-9)10-4-5-12(15)11(7-10)13(16)19/h4-5,7,9H,2-3,6,8,15H2,1H3,(H2,16,19)(H,17,20). The highest BCUT2D eigenvalue weighted by atomic mass is 16.2. The molecular formula is C14H20N4O2. The van der Waals surface area contributed by atoms with E-state index in [9.17, 15) is 9.59 Å². The molecule has 1 unspecified atom stereocenters. The first kappa shape index (κ1) is 14.2. The van der Waals surface area contributed by atoms with Crippen LogP contribution in [0.3, 0.4) is 0 Å². The Bertz CT molecular complexity index is 530. The Hall–Kier alpha value is -2.24. The van der Waals surface area contributed by atoms with Crippen LogP contribution in [0, 0.1) is 5.92 Å². The minimum atomic E-state index is -0.538. The van der Waals surface area contributed by atoms with Crippen LogP contribution in [0.15, 0.2) is 18.2 Å². The number of nitrogens with zero attached hydrogens (tertiary/aromatic N) is 1. The number of hydrogen-bond acceptors (Lipinski definition) is 4. The monoisotopic (exact) mass is 276 g/mol. The normalized spacial score (nSPS) is 18.6. The molecule has 1 saturated heterocycles. The molecule has 2 rings (SSSR count). The molecule has 1 heterocycles. The summed E-state index contributed by atoms with van der Waals surface area (Å²) in [7, 11) is 1.65. The van der Waals surface area contributed by atoms with E-state index in [1.165, 1.54) is 0 Å². The lowest BCUT2D eigenvalue weighted by molar-refractivity contribution is -0.124. The van der Waals surface area contributed by atoms with Gasteiger partial charge in [-0.3, -0.25) is 9.59 Å². The Kier molecular flexibility index (Phi) is 4.12. The van der Waals surface area contributed by atoms with Crippen LogP contribution in [0.2, 0.25) is 0 Å². The van der Waals surface area contributed by atoms with Crippen molar-refractivity contribution in [3.05, 3.63) is 23.8 Å². The van der Waals surface area contributed by atoms with Crippen LogP contribution in [0.25, 0.3) is 0 Å². The highest BCUT2D eigenvalue weighted by Crippen LogP contribution is 2.26. The summed E-state index contributed by atoms with van der Waals surface area (Å²) < 4.78 is 0. The molecule has 0 spiro atoms. The van der Waals surface area contributed by atoms with Crippen LogP contribution in [-0.4, -0.2) is 32.0 Å². The van der Waals surface area contributed by atoms with Crippen LogP contribution < -0.4 is 21.7 Å². The second-order valence-corrected chi connectivity index (χ2v) is 5.04. The van der Waals surface area contributed by atoms with Gasteiger partial charge in [0.2, 0.25) is 5.91 Å². The molecule has 108 valence electrons. The smallest absolute Gasteiger partial charge is 0.250 e. The molecular weight excluding hydrogens is 256 g/mol. The van der Waals surface area contributed by atoms with Crippen molar-refractivity contribution in [3.63, 3.8) is 0 Å². The SMILES string of the molecule is CNC(=O)C1CCCN(c2ccc(N)c(C(N)=O)c2)C1. The third-order valence-corrected chi connectivity index (χ3v) is 3.71. The molecule has 0 saturated carbocycles. The van der Waals surface area contributed by atoms with Gasteiger partial charge in [-0.1, -0.05) is 0 Å². The van der Waals surface area contributed by atoms with Gasteiger partial charge < -0.3 is 21.7 Å². The van der Waals surface area contributed by atoms with E-state index in [0.29, 0.717) is 17.8 Å². The van der Waals surface area contributed by atoms with Crippen molar-refractivity contribution in [3.8, 4) is 0 Å². The molecule has 5 N–H and O–H groups in total. The average molecular weight is 276 g/mol. The predicted octanol–water partition coefficient (Wildman–Crippen LogP) is 0.330. The molecule has 6 nitrogen and oxygen atoms in total. The maximum absolute atomic E-state index is 11.7. The van der Waals surface area contributed by atoms with E-state index < -0.39 is 5.91 Å². The van der Waals surface area contributed by atoms with Crippen LogP contribution >= 0.6 is 0 Å². The molecule has 1 aromatic carbocycles. The summed E-state index contributed by atoms with van der Waals surface area (Å²) in [5.41, 5.74) is 12.6. The van der Waals surface area contributed by atoms with Crippen LogP contribution in [0.1, 0.15) is 23.2 Å². The van der Waals surface area contributed by atoms with Gasteiger partial charge in [0.15, 0.2) is 0 Å². The van der Waals surface area contributed by atoms with E-state index in [1.807, 2.05) is 6.07 Å². The van der Waals surface area contributed by atoms with Gasteiger partial charge in [-0.05, 0) is 31.0 Å². The van der Waals surface area contributed by atoms with Crippen LogP contribution in [0.5, 0.6) is 0 Å². The van der Waals surface area contributed by atoms with E-state index in [2.05, 4.69) is 10.2 Å². The van der Waals surface area contributed by atoms with Crippen LogP contribution in [0.4, 0.5) is 11.4 Å². The Morgan fingerprint density at radius 2 is 2.15 bits per heavy atom. The number of primary amides is 1. The number of nitrogens with two attached hydrogens (primary N) is 2. The minimum absolute atomic E-state index is 0.0247. The molecule has 1 aromatic rings. The number of nitrogens with one attached hydrogen (secondary N) is 1. The maximum Gasteiger partial charge on any atom is 0.250 e. The Morgan fingerprint density at radius 3 is 2.80 bits per heavy atom. The molecule has 1 fully saturated rings. The summed E-state index contributed by atoms with van der Waals surface area (Å²) in [5.74, 6) is -0.507. The van der Waals surface area contributed by atoms with Crippen molar-refractivity contribution in [2.45, 2.75) is 12.8 Å². The third-order valence-electron chi connectivity index (χ3n) is 3.71. The number of carbonyl (C=O) groups is 2. The average Bonchev–Trinajstić information content (AvgIpc) is 2.46.